The van der Waals surface area contributed by atoms with Gasteiger partial charge in [0.15, 0.2) is 9.84 Å². The lowest BCUT2D eigenvalue weighted by Crippen LogP contribution is -2.64. The van der Waals surface area contributed by atoms with Crippen LogP contribution in [-0.4, -0.2) is 128 Å². The van der Waals surface area contributed by atoms with Gasteiger partial charge in [-0.15, -0.1) is 0 Å². The molecule has 0 aromatic heterocycles. The van der Waals surface area contributed by atoms with Gasteiger partial charge < -0.3 is 25.8 Å². The number of morpholine rings is 1. The van der Waals surface area contributed by atoms with Gasteiger partial charge in [0.1, 0.15) is 6.04 Å². The molecule has 12 nitrogen and oxygen atoms in total. The molecule has 4 rings (SSSR count). The first-order valence-corrected chi connectivity index (χ1v) is 19.7. The summed E-state index contributed by atoms with van der Waals surface area (Å²) in [7, 11) is -3.83. The second-order valence-electron chi connectivity index (χ2n) is 15.9. The number of carbonyl (C=O) groups is 3. The molecule has 1 aliphatic carbocycles. The van der Waals surface area contributed by atoms with Crippen molar-refractivity contribution in [2.75, 3.05) is 52.2 Å². The minimum atomic E-state index is -3.83. The molecule has 1 aromatic rings. The number of β-amino-alcohol motifs (C(OH)–C–C–N with tert-alkyl or cyclic N) is 1. The van der Waals surface area contributed by atoms with Crippen molar-refractivity contribution < 1.29 is 32.6 Å². The number of amides is 3. The zero-order valence-electron chi connectivity index (χ0n) is 30.2. The van der Waals surface area contributed by atoms with Gasteiger partial charge in [0.25, 0.3) is 0 Å². The predicted octanol–water partition coefficient (Wildman–Crippen LogP) is 1.51. The van der Waals surface area contributed by atoms with Crippen LogP contribution in [0.4, 0.5) is 0 Å². The molecule has 0 spiro atoms. The van der Waals surface area contributed by atoms with Gasteiger partial charge in [-0.3, -0.25) is 24.2 Å². The second kappa shape index (κ2) is 16.6. The summed E-state index contributed by atoms with van der Waals surface area (Å²) in [4.78, 5) is 45.0. The average Bonchev–Trinajstić information content (AvgIpc) is 3.02. The number of sulfone groups is 1. The van der Waals surface area contributed by atoms with Crippen LogP contribution in [0, 0.1) is 11.8 Å². The lowest BCUT2D eigenvalue weighted by atomic mass is 9.72. The number of aliphatic hydroxyl groups is 1. The topological polar surface area (TPSA) is 157 Å². The van der Waals surface area contributed by atoms with Crippen LogP contribution in [0.25, 0.3) is 0 Å². The Morgan fingerprint density at radius 3 is 2.22 bits per heavy atom. The largest absolute Gasteiger partial charge is 0.390 e. The number of hydrogen-bond acceptors (Lipinski definition) is 9. The molecule has 0 bridgehead atoms. The van der Waals surface area contributed by atoms with Gasteiger partial charge >= 0.3 is 0 Å². The minimum absolute atomic E-state index is 0.00180. The van der Waals surface area contributed by atoms with E-state index in [2.05, 4.69) is 20.9 Å². The van der Waals surface area contributed by atoms with E-state index in [1.807, 2.05) is 56.0 Å². The van der Waals surface area contributed by atoms with E-state index >= 15 is 0 Å². The number of likely N-dealkylation sites (tertiary alicyclic amines) is 1. The van der Waals surface area contributed by atoms with E-state index in [-0.39, 0.29) is 25.4 Å². The maximum atomic E-state index is 14.2. The molecule has 2 aliphatic heterocycles. The number of nitrogens with one attached hydrogen (secondary N) is 3. The van der Waals surface area contributed by atoms with E-state index in [1.165, 1.54) is 13.8 Å². The van der Waals surface area contributed by atoms with Gasteiger partial charge in [-0.05, 0) is 71.3 Å². The molecular formula is C36H59N5O7S. The Morgan fingerprint density at radius 1 is 0.980 bits per heavy atom. The van der Waals surface area contributed by atoms with Gasteiger partial charge in [0.05, 0.1) is 42.7 Å². The molecule has 4 N–H and O–H groups in total. The first kappa shape index (κ1) is 39.2. The van der Waals surface area contributed by atoms with Crippen molar-refractivity contribution in [3.63, 3.8) is 0 Å². The molecule has 3 amide bonds. The normalized spacial score (nSPS) is 24.6. The van der Waals surface area contributed by atoms with Crippen molar-refractivity contribution in [1.29, 1.82) is 0 Å². The Balaban J connectivity index is 1.58. The van der Waals surface area contributed by atoms with E-state index in [4.69, 9.17) is 4.74 Å². The van der Waals surface area contributed by atoms with Gasteiger partial charge in [-0.25, -0.2) is 8.42 Å². The number of aliphatic hydroxyl groups excluding tert-OH is 1. The van der Waals surface area contributed by atoms with Crippen LogP contribution >= 0.6 is 0 Å². The van der Waals surface area contributed by atoms with Crippen LogP contribution in [0.3, 0.4) is 0 Å². The van der Waals surface area contributed by atoms with Crippen molar-refractivity contribution >= 4 is 27.6 Å². The Kier molecular flexibility index (Phi) is 13.3. The highest BCUT2D eigenvalue weighted by molar-refractivity contribution is 7.92. The number of hydrogen-bond donors (Lipinski definition) is 4. The molecule has 13 heteroatoms. The summed E-state index contributed by atoms with van der Waals surface area (Å²) >= 11 is 0. The molecule has 3 unspecified atom stereocenters. The minimum Gasteiger partial charge on any atom is -0.390 e. The molecule has 1 saturated carbocycles. The first-order valence-electron chi connectivity index (χ1n) is 17.8. The summed E-state index contributed by atoms with van der Waals surface area (Å²) in [6.45, 7) is 11.6. The molecule has 1 aromatic carbocycles. The predicted molar refractivity (Wildman–Crippen MR) is 190 cm³/mol. The molecule has 3 fully saturated rings. The quantitative estimate of drug-likeness (QED) is 0.239. The highest BCUT2D eigenvalue weighted by atomic mass is 32.2. The van der Waals surface area contributed by atoms with E-state index in [9.17, 15) is 27.9 Å². The maximum Gasteiger partial charge on any atom is 0.244 e. The fraction of sp³-hybridized carbons (Fsp3) is 0.750. The van der Waals surface area contributed by atoms with Crippen molar-refractivity contribution in [2.24, 2.45) is 11.8 Å². The Bertz CT molecular complexity index is 1380. The summed E-state index contributed by atoms with van der Waals surface area (Å²) in [6, 6.07) is 6.77. The molecule has 2 saturated heterocycles. The number of fused-ring (bicyclic) bond motifs is 1. The first-order chi connectivity index (χ1) is 22.9. The van der Waals surface area contributed by atoms with E-state index in [1.54, 1.807) is 0 Å². The zero-order valence-corrected chi connectivity index (χ0v) is 31.1. The molecular weight excluding hydrogens is 646 g/mol. The average molecular weight is 706 g/mol. The highest BCUT2D eigenvalue weighted by Crippen LogP contribution is 2.39. The smallest absolute Gasteiger partial charge is 0.244 e. The molecule has 49 heavy (non-hydrogen) atoms. The zero-order chi connectivity index (χ0) is 36.0. The summed E-state index contributed by atoms with van der Waals surface area (Å²) in [6.07, 6.45) is 5.43. The number of carbonyl (C=O) groups excluding carboxylic acids is 3. The monoisotopic (exact) mass is 705 g/mol. The lowest BCUT2D eigenvalue weighted by molar-refractivity contribution is -0.133. The Labute approximate surface area is 293 Å². The van der Waals surface area contributed by atoms with Gasteiger partial charge in [0.2, 0.25) is 17.7 Å². The summed E-state index contributed by atoms with van der Waals surface area (Å²) in [5, 5.41) is 20.7. The Hall–Kier alpha value is -2.58. The highest BCUT2D eigenvalue weighted by Gasteiger charge is 2.46. The van der Waals surface area contributed by atoms with E-state index < -0.39 is 56.2 Å². The lowest BCUT2D eigenvalue weighted by Gasteiger charge is -2.47. The molecule has 3 aliphatic rings. The third-order valence-corrected chi connectivity index (χ3v) is 12.7. The number of rotatable bonds is 13. The van der Waals surface area contributed by atoms with Crippen molar-refractivity contribution in [1.82, 2.24) is 25.8 Å². The molecule has 0 radical (unpaired) electrons. The van der Waals surface area contributed by atoms with Crippen molar-refractivity contribution in [3.05, 3.63) is 35.9 Å². The third-order valence-electron chi connectivity index (χ3n) is 10.5. The van der Waals surface area contributed by atoms with Crippen LogP contribution in [0.15, 0.2) is 30.3 Å². The van der Waals surface area contributed by atoms with Crippen molar-refractivity contribution in [3.8, 4) is 0 Å². The SMILES string of the molecule is CC(C)(C)NC(=O)C1C[C@@H]2CCCC[C@@H]2CN1CC(O)C(Cc1ccccc1)NC(=O)[C@@H](NC(=O)CN1CCOCC1)C(C)(C)S(C)(=O)=O. The van der Waals surface area contributed by atoms with Crippen LogP contribution in [0.1, 0.15) is 72.3 Å². The van der Waals surface area contributed by atoms with Crippen LogP contribution in [0.2, 0.25) is 0 Å². The van der Waals surface area contributed by atoms with Gasteiger partial charge in [-0.1, -0.05) is 49.6 Å². The standard InChI is InChI=1S/C36H59N5O7S/c1-35(2,3)39-33(44)29-21-26-14-10-11-15-27(26)22-41(29)23-30(42)28(20-25-12-8-7-9-13-25)37-34(45)32(36(4,5)49(6,46)47)38-31(43)24-40-16-18-48-19-17-40/h7-9,12-13,26-30,32,42H,10-11,14-24H2,1-6H3,(H,37,45)(H,38,43)(H,39,44)/t26-,27+,28?,29?,30?,32+/m0/s1. The number of nitrogens with zero attached hydrogens (tertiary/aromatic N) is 2. The van der Waals surface area contributed by atoms with Crippen molar-refractivity contribution in [2.45, 2.75) is 108 Å². The maximum absolute atomic E-state index is 14.2. The second-order valence-corrected chi connectivity index (χ2v) is 18.5. The fourth-order valence-electron chi connectivity index (χ4n) is 7.35. The van der Waals surface area contributed by atoms with Crippen LogP contribution in [0.5, 0.6) is 0 Å². The van der Waals surface area contributed by atoms with Crippen LogP contribution < -0.4 is 16.0 Å². The van der Waals surface area contributed by atoms with E-state index in [0.717, 1.165) is 43.9 Å². The number of piperidine rings is 1. The van der Waals surface area contributed by atoms with Gasteiger partial charge in [-0.2, -0.15) is 0 Å². The van der Waals surface area contributed by atoms with Gasteiger partial charge in [0, 0.05) is 38.0 Å². The third kappa shape index (κ3) is 11.0. The molecule has 6 atom stereocenters. The van der Waals surface area contributed by atoms with E-state index in [0.29, 0.717) is 44.7 Å². The molecule has 276 valence electrons. The number of ether oxygens (including phenoxy) is 1. The summed E-state index contributed by atoms with van der Waals surface area (Å²) < 4.78 is 29.7. The number of benzene rings is 1. The Morgan fingerprint density at radius 2 is 1.61 bits per heavy atom. The fourth-order valence-corrected chi connectivity index (χ4v) is 7.94. The van der Waals surface area contributed by atoms with Crippen LogP contribution in [-0.2, 0) is 35.4 Å². The summed E-state index contributed by atoms with van der Waals surface area (Å²) in [5.74, 6) is -0.341. The summed E-state index contributed by atoms with van der Waals surface area (Å²) in [5.41, 5.74) is 0.456. The molecule has 2 heterocycles.